The molecule has 0 bridgehead atoms. The Morgan fingerprint density at radius 3 is 2.65 bits per heavy atom. The molecular formula is C17H16ClN5. The van der Waals surface area contributed by atoms with Crippen LogP contribution in [-0.4, -0.2) is 24.2 Å². The van der Waals surface area contributed by atoms with Crippen molar-refractivity contribution in [2.24, 2.45) is 5.10 Å². The van der Waals surface area contributed by atoms with Crippen LogP contribution in [0, 0.1) is 5.41 Å². The van der Waals surface area contributed by atoms with Gasteiger partial charge in [-0.2, -0.15) is 5.10 Å². The molecule has 0 saturated carbocycles. The number of guanidine groups is 1. The van der Waals surface area contributed by atoms with Gasteiger partial charge in [0.05, 0.1) is 11.9 Å². The predicted octanol–water partition coefficient (Wildman–Crippen LogP) is 3.57. The summed E-state index contributed by atoms with van der Waals surface area (Å²) in [4.78, 5) is 3.42. The van der Waals surface area contributed by atoms with Crippen molar-refractivity contribution >= 4 is 34.7 Å². The molecule has 4 N–H and O–H groups in total. The first-order chi connectivity index (χ1) is 11.2. The van der Waals surface area contributed by atoms with Gasteiger partial charge in [0.25, 0.3) is 0 Å². The van der Waals surface area contributed by atoms with E-state index < -0.39 is 0 Å². The van der Waals surface area contributed by atoms with Crippen LogP contribution in [0.25, 0.3) is 22.2 Å². The number of halogens is 1. The van der Waals surface area contributed by atoms with E-state index in [2.05, 4.69) is 20.8 Å². The zero-order chi connectivity index (χ0) is 16.2. The molecule has 0 aliphatic heterocycles. The van der Waals surface area contributed by atoms with Gasteiger partial charge in [0.1, 0.15) is 0 Å². The monoisotopic (exact) mass is 325 g/mol. The number of H-pyrrole nitrogens is 1. The van der Waals surface area contributed by atoms with Gasteiger partial charge in [-0.1, -0.05) is 41.9 Å². The number of aromatic nitrogens is 1. The summed E-state index contributed by atoms with van der Waals surface area (Å²) in [5.74, 6) is 0.133. The fourth-order valence-electron chi connectivity index (χ4n) is 2.36. The Kier molecular flexibility index (Phi) is 4.30. The molecule has 0 radical (unpaired) electrons. The molecule has 1 heterocycles. The van der Waals surface area contributed by atoms with E-state index in [-0.39, 0.29) is 5.96 Å². The molecule has 0 spiro atoms. The number of aromatic amines is 1. The zero-order valence-electron chi connectivity index (χ0n) is 12.5. The molecule has 0 atom stereocenters. The summed E-state index contributed by atoms with van der Waals surface area (Å²) in [6.45, 7) is 0. The van der Waals surface area contributed by atoms with Crippen LogP contribution in [0.15, 0.2) is 53.6 Å². The number of benzene rings is 2. The maximum atomic E-state index is 7.51. The Morgan fingerprint density at radius 2 is 1.91 bits per heavy atom. The molecule has 1 aromatic heterocycles. The highest BCUT2D eigenvalue weighted by atomic mass is 35.5. The van der Waals surface area contributed by atoms with Crippen molar-refractivity contribution in [3.8, 4) is 11.3 Å². The summed E-state index contributed by atoms with van der Waals surface area (Å²) in [7, 11) is 1.66. The quantitative estimate of drug-likeness (QED) is 0.337. The van der Waals surface area contributed by atoms with E-state index >= 15 is 0 Å². The molecular weight excluding hydrogens is 310 g/mol. The van der Waals surface area contributed by atoms with Gasteiger partial charge in [-0.05, 0) is 23.8 Å². The summed E-state index contributed by atoms with van der Waals surface area (Å²) in [5.41, 5.74) is 6.60. The van der Waals surface area contributed by atoms with Crippen LogP contribution < -0.4 is 10.7 Å². The normalized spacial score (nSPS) is 11.0. The maximum Gasteiger partial charge on any atom is 0.208 e. The minimum atomic E-state index is 0.133. The van der Waals surface area contributed by atoms with Crippen LogP contribution in [0.4, 0.5) is 0 Å². The minimum Gasteiger partial charge on any atom is -0.358 e. The van der Waals surface area contributed by atoms with Gasteiger partial charge in [-0.15, -0.1) is 0 Å². The highest BCUT2D eigenvalue weighted by molar-refractivity contribution is 6.30. The Labute approximate surface area is 138 Å². The lowest BCUT2D eigenvalue weighted by Gasteiger charge is -2.02. The van der Waals surface area contributed by atoms with Gasteiger partial charge in [-0.25, -0.2) is 5.43 Å². The van der Waals surface area contributed by atoms with Crippen molar-refractivity contribution < 1.29 is 0 Å². The molecule has 0 fully saturated rings. The lowest BCUT2D eigenvalue weighted by atomic mass is 10.1. The summed E-state index contributed by atoms with van der Waals surface area (Å²) in [6.07, 6.45) is 1.72. The van der Waals surface area contributed by atoms with Crippen LogP contribution in [0.3, 0.4) is 0 Å². The van der Waals surface area contributed by atoms with Crippen LogP contribution in [0.5, 0.6) is 0 Å². The third-order valence-electron chi connectivity index (χ3n) is 3.50. The first-order valence-electron chi connectivity index (χ1n) is 7.11. The smallest absolute Gasteiger partial charge is 0.208 e. The highest BCUT2D eigenvalue weighted by Gasteiger charge is 2.11. The standard InChI is InChI=1S/C17H16ClN5/c1-20-17(19)23-21-10-14-13-4-2-3-5-15(13)22-16(14)11-6-8-12(18)9-7-11/h2-10,22H,1H3,(H3,19,20,23). The molecule has 6 heteroatoms. The van der Waals surface area contributed by atoms with E-state index in [1.54, 1.807) is 13.3 Å². The zero-order valence-corrected chi connectivity index (χ0v) is 13.3. The van der Waals surface area contributed by atoms with Gasteiger partial charge in [0, 0.05) is 28.5 Å². The van der Waals surface area contributed by atoms with Crippen molar-refractivity contribution in [2.75, 3.05) is 7.05 Å². The summed E-state index contributed by atoms with van der Waals surface area (Å²) in [5, 5.41) is 16.1. The van der Waals surface area contributed by atoms with Gasteiger partial charge in [-0.3, -0.25) is 5.41 Å². The van der Waals surface area contributed by atoms with Crippen molar-refractivity contribution in [1.82, 2.24) is 15.7 Å². The summed E-state index contributed by atoms with van der Waals surface area (Å²) in [6, 6.07) is 15.7. The summed E-state index contributed by atoms with van der Waals surface area (Å²) >= 11 is 5.97. The third kappa shape index (κ3) is 3.19. The molecule has 0 aliphatic rings. The fourth-order valence-corrected chi connectivity index (χ4v) is 2.49. The Morgan fingerprint density at radius 1 is 1.17 bits per heavy atom. The Balaban J connectivity index is 2.07. The number of hydrogen-bond acceptors (Lipinski definition) is 2. The van der Waals surface area contributed by atoms with E-state index in [0.717, 1.165) is 27.7 Å². The molecule has 116 valence electrons. The van der Waals surface area contributed by atoms with E-state index in [9.17, 15) is 0 Å². The molecule has 3 rings (SSSR count). The number of hydrazone groups is 1. The minimum absolute atomic E-state index is 0.133. The first kappa shape index (κ1) is 15.1. The molecule has 5 nitrogen and oxygen atoms in total. The molecule has 2 aromatic carbocycles. The molecule has 0 saturated heterocycles. The van der Waals surface area contributed by atoms with Crippen molar-refractivity contribution in [3.63, 3.8) is 0 Å². The average molecular weight is 326 g/mol. The number of nitrogens with one attached hydrogen (secondary N) is 4. The SMILES string of the molecule is CNC(=N)NN=Cc1c(-c2ccc(Cl)cc2)[nH]c2ccccc12. The molecule has 3 aromatic rings. The highest BCUT2D eigenvalue weighted by Crippen LogP contribution is 2.29. The number of nitrogens with zero attached hydrogens (tertiary/aromatic N) is 1. The van der Waals surface area contributed by atoms with E-state index in [1.807, 2.05) is 48.5 Å². The van der Waals surface area contributed by atoms with Gasteiger partial charge in [0.15, 0.2) is 0 Å². The number of hydrogen-bond donors (Lipinski definition) is 4. The van der Waals surface area contributed by atoms with Crippen molar-refractivity contribution in [3.05, 3.63) is 59.1 Å². The fraction of sp³-hybridized carbons (Fsp3) is 0.0588. The predicted molar refractivity (Wildman–Crippen MR) is 96.3 cm³/mol. The largest absolute Gasteiger partial charge is 0.358 e. The second kappa shape index (κ2) is 6.54. The number of para-hydroxylation sites is 1. The maximum absolute atomic E-state index is 7.51. The topological polar surface area (TPSA) is 76.1 Å². The molecule has 0 aliphatic carbocycles. The first-order valence-corrected chi connectivity index (χ1v) is 7.49. The molecule has 23 heavy (non-hydrogen) atoms. The van der Waals surface area contributed by atoms with Gasteiger partial charge < -0.3 is 10.3 Å². The van der Waals surface area contributed by atoms with Crippen LogP contribution in [0.2, 0.25) is 5.02 Å². The van der Waals surface area contributed by atoms with E-state index in [0.29, 0.717) is 5.02 Å². The average Bonchev–Trinajstić information content (AvgIpc) is 2.94. The van der Waals surface area contributed by atoms with E-state index in [4.69, 9.17) is 17.0 Å². The van der Waals surface area contributed by atoms with Crippen LogP contribution in [-0.2, 0) is 0 Å². The Bertz CT molecular complexity index is 864. The second-order valence-electron chi connectivity index (χ2n) is 4.96. The van der Waals surface area contributed by atoms with E-state index in [1.165, 1.54) is 0 Å². The lowest BCUT2D eigenvalue weighted by Crippen LogP contribution is -2.29. The van der Waals surface area contributed by atoms with Gasteiger partial charge in [0.2, 0.25) is 5.96 Å². The van der Waals surface area contributed by atoms with Gasteiger partial charge >= 0.3 is 0 Å². The summed E-state index contributed by atoms with van der Waals surface area (Å²) < 4.78 is 0. The number of rotatable bonds is 3. The Hall–Kier alpha value is -2.79. The second-order valence-corrected chi connectivity index (χ2v) is 5.40. The molecule has 0 amide bonds. The van der Waals surface area contributed by atoms with Crippen molar-refractivity contribution in [2.45, 2.75) is 0 Å². The third-order valence-corrected chi connectivity index (χ3v) is 3.75. The molecule has 0 unspecified atom stereocenters. The van der Waals surface area contributed by atoms with Crippen molar-refractivity contribution in [1.29, 1.82) is 5.41 Å². The van der Waals surface area contributed by atoms with Crippen LogP contribution >= 0.6 is 11.6 Å². The lowest BCUT2D eigenvalue weighted by molar-refractivity contribution is 0.936. The van der Waals surface area contributed by atoms with Crippen LogP contribution in [0.1, 0.15) is 5.56 Å². The number of fused-ring (bicyclic) bond motifs is 1.